The van der Waals surface area contributed by atoms with Crippen molar-refractivity contribution in [2.24, 2.45) is 0 Å². The average molecular weight is 185 g/mol. The van der Waals surface area contributed by atoms with Gasteiger partial charge in [0.25, 0.3) is 0 Å². The van der Waals surface area contributed by atoms with E-state index in [0.29, 0.717) is 0 Å². The normalized spacial score (nSPS) is 12.8. The molecule has 0 spiro atoms. The van der Waals surface area contributed by atoms with E-state index in [2.05, 4.69) is 55.5 Å². The first-order valence-electron chi connectivity index (χ1n) is 4.49. The first kappa shape index (κ1) is 10.5. The first-order chi connectivity index (χ1) is 6.38. The Morgan fingerprint density at radius 3 is 2.07 bits per heavy atom. The maximum Gasteiger partial charge on any atom is -0.0221 e. The Morgan fingerprint density at radius 2 is 1.50 bits per heavy atom. The summed E-state index contributed by atoms with van der Waals surface area (Å²) < 4.78 is 0. The van der Waals surface area contributed by atoms with E-state index in [1.165, 1.54) is 16.7 Å². The quantitative estimate of drug-likeness (QED) is 0.710. The molecular formula is C13H15N. The summed E-state index contributed by atoms with van der Waals surface area (Å²) in [6.45, 7) is 2.16. The van der Waals surface area contributed by atoms with Crippen molar-refractivity contribution in [3.8, 4) is 0 Å². The second kappa shape index (κ2) is 4.58. The second-order valence-corrected chi connectivity index (χ2v) is 3.16. The highest BCUT2D eigenvalue weighted by Crippen LogP contribution is 2.21. The minimum Gasteiger partial charge on any atom is -0.344 e. The van der Waals surface area contributed by atoms with Gasteiger partial charge in [0.05, 0.1) is 0 Å². The van der Waals surface area contributed by atoms with Crippen molar-refractivity contribution in [2.45, 2.75) is 6.92 Å². The van der Waals surface area contributed by atoms with E-state index in [1.807, 2.05) is 6.07 Å². The molecule has 14 heavy (non-hydrogen) atoms. The molecule has 1 aliphatic rings. The monoisotopic (exact) mass is 185 g/mol. The third-order valence-electron chi connectivity index (χ3n) is 2.30. The van der Waals surface area contributed by atoms with E-state index in [1.54, 1.807) is 0 Å². The van der Waals surface area contributed by atoms with Crippen molar-refractivity contribution in [3.05, 3.63) is 65.8 Å². The van der Waals surface area contributed by atoms with Gasteiger partial charge in [0.2, 0.25) is 0 Å². The largest absolute Gasteiger partial charge is 0.344 e. The number of benzene rings is 1. The molecule has 0 bridgehead atoms. The van der Waals surface area contributed by atoms with Crippen LogP contribution in [0.2, 0.25) is 0 Å². The summed E-state index contributed by atoms with van der Waals surface area (Å²) in [6, 6.07) is 10.5. The van der Waals surface area contributed by atoms with E-state index in [0.717, 1.165) is 0 Å². The van der Waals surface area contributed by atoms with Crippen LogP contribution in [0.4, 0.5) is 0 Å². The Hall–Kier alpha value is -1.60. The first-order valence-corrected chi connectivity index (χ1v) is 4.49. The van der Waals surface area contributed by atoms with E-state index >= 15 is 0 Å². The van der Waals surface area contributed by atoms with Gasteiger partial charge < -0.3 is 6.15 Å². The van der Waals surface area contributed by atoms with Gasteiger partial charge in [-0.05, 0) is 23.6 Å². The summed E-state index contributed by atoms with van der Waals surface area (Å²) in [4.78, 5) is 0. The van der Waals surface area contributed by atoms with Crippen LogP contribution in [0, 0.1) is 0 Å². The molecule has 3 N–H and O–H groups in total. The minimum atomic E-state index is 0. The number of hydrogen-bond donors (Lipinski definition) is 1. The molecule has 1 aliphatic carbocycles. The van der Waals surface area contributed by atoms with Crippen LogP contribution >= 0.6 is 0 Å². The zero-order valence-corrected chi connectivity index (χ0v) is 8.40. The lowest BCUT2D eigenvalue weighted by Gasteiger charge is -2.02. The van der Waals surface area contributed by atoms with Gasteiger partial charge >= 0.3 is 0 Å². The third kappa shape index (κ3) is 2.01. The molecule has 2 rings (SSSR count). The van der Waals surface area contributed by atoms with Gasteiger partial charge in [-0.15, -0.1) is 0 Å². The molecule has 0 radical (unpaired) electrons. The number of hydrogen-bond acceptors (Lipinski definition) is 1. The predicted molar refractivity (Wildman–Crippen MR) is 62.3 cm³/mol. The Kier molecular flexibility index (Phi) is 3.43. The molecule has 1 heteroatoms. The molecule has 0 heterocycles. The van der Waals surface area contributed by atoms with E-state index < -0.39 is 0 Å². The van der Waals surface area contributed by atoms with Crippen LogP contribution in [-0.2, 0) is 0 Å². The smallest absolute Gasteiger partial charge is 0.0221 e. The fraction of sp³-hybridized carbons (Fsp3) is 0.0769. The zero-order chi connectivity index (χ0) is 9.10. The molecule has 0 amide bonds. The lowest BCUT2D eigenvalue weighted by Crippen LogP contribution is -1.81. The van der Waals surface area contributed by atoms with Crippen LogP contribution in [0.1, 0.15) is 12.5 Å². The molecule has 0 fully saturated rings. The highest BCUT2D eigenvalue weighted by atomic mass is 14.0. The molecule has 1 aromatic rings. The lowest BCUT2D eigenvalue weighted by molar-refractivity contribution is 1.54. The maximum absolute atomic E-state index is 2.16. The summed E-state index contributed by atoms with van der Waals surface area (Å²) in [5, 5.41) is 0. The SMILES string of the molecule is CC(=C1C=CC=C1)c1ccccc1.N. The fourth-order valence-electron chi connectivity index (χ4n) is 1.48. The van der Waals surface area contributed by atoms with Crippen molar-refractivity contribution in [1.29, 1.82) is 0 Å². The predicted octanol–water partition coefficient (Wildman–Crippen LogP) is 3.75. The molecule has 0 aliphatic heterocycles. The van der Waals surface area contributed by atoms with Crippen molar-refractivity contribution in [1.82, 2.24) is 6.15 Å². The van der Waals surface area contributed by atoms with Crippen LogP contribution in [-0.4, -0.2) is 0 Å². The molecule has 0 aromatic heterocycles. The van der Waals surface area contributed by atoms with E-state index in [-0.39, 0.29) is 6.15 Å². The highest BCUT2D eigenvalue weighted by molar-refractivity contribution is 5.73. The minimum absolute atomic E-state index is 0. The van der Waals surface area contributed by atoms with Crippen molar-refractivity contribution < 1.29 is 0 Å². The Bertz CT molecular complexity index is 369. The standard InChI is InChI=1S/C13H12.H3N/c1-11(13-9-5-6-10-13)12-7-3-2-4-8-12;/h2-10H,1H3;1H3. The van der Waals surface area contributed by atoms with Gasteiger partial charge in [-0.25, -0.2) is 0 Å². The molecule has 0 saturated carbocycles. The molecule has 1 aromatic carbocycles. The third-order valence-corrected chi connectivity index (χ3v) is 2.30. The van der Waals surface area contributed by atoms with Crippen LogP contribution < -0.4 is 6.15 Å². The van der Waals surface area contributed by atoms with Crippen LogP contribution in [0.5, 0.6) is 0 Å². The number of allylic oxidation sites excluding steroid dienone is 6. The van der Waals surface area contributed by atoms with Gasteiger partial charge in [-0.2, -0.15) is 0 Å². The van der Waals surface area contributed by atoms with Gasteiger partial charge in [0.1, 0.15) is 0 Å². The van der Waals surface area contributed by atoms with Crippen LogP contribution in [0.3, 0.4) is 0 Å². The zero-order valence-electron chi connectivity index (χ0n) is 8.40. The summed E-state index contributed by atoms with van der Waals surface area (Å²) in [6.07, 6.45) is 8.42. The van der Waals surface area contributed by atoms with E-state index in [9.17, 15) is 0 Å². The summed E-state index contributed by atoms with van der Waals surface area (Å²) in [5.41, 5.74) is 3.95. The maximum atomic E-state index is 2.16. The van der Waals surface area contributed by atoms with Crippen molar-refractivity contribution in [3.63, 3.8) is 0 Å². The van der Waals surface area contributed by atoms with Gasteiger partial charge in [-0.1, -0.05) is 54.6 Å². The summed E-state index contributed by atoms with van der Waals surface area (Å²) in [5.74, 6) is 0. The molecular weight excluding hydrogens is 170 g/mol. The van der Waals surface area contributed by atoms with Gasteiger partial charge in [0.15, 0.2) is 0 Å². The average Bonchev–Trinajstić information content (AvgIpc) is 2.71. The molecule has 0 saturated heterocycles. The van der Waals surface area contributed by atoms with Gasteiger partial charge in [-0.3, -0.25) is 0 Å². The molecule has 72 valence electrons. The van der Waals surface area contributed by atoms with E-state index in [4.69, 9.17) is 0 Å². The van der Waals surface area contributed by atoms with Crippen LogP contribution in [0.15, 0.2) is 60.2 Å². The molecule has 0 unspecified atom stereocenters. The second-order valence-electron chi connectivity index (χ2n) is 3.16. The Labute approximate surface area is 85.0 Å². The summed E-state index contributed by atoms with van der Waals surface area (Å²) in [7, 11) is 0. The molecule has 0 atom stereocenters. The highest BCUT2D eigenvalue weighted by Gasteiger charge is 2.00. The topological polar surface area (TPSA) is 35.0 Å². The van der Waals surface area contributed by atoms with Crippen molar-refractivity contribution >= 4 is 5.57 Å². The fourth-order valence-corrected chi connectivity index (χ4v) is 1.48. The summed E-state index contributed by atoms with van der Waals surface area (Å²) >= 11 is 0. The Morgan fingerprint density at radius 1 is 0.929 bits per heavy atom. The van der Waals surface area contributed by atoms with Crippen LogP contribution in [0.25, 0.3) is 5.57 Å². The van der Waals surface area contributed by atoms with Crippen molar-refractivity contribution in [2.75, 3.05) is 0 Å². The number of rotatable bonds is 1. The Balaban J connectivity index is 0.000000980. The molecule has 1 nitrogen and oxygen atoms in total. The lowest BCUT2D eigenvalue weighted by atomic mass is 10.0. The van der Waals surface area contributed by atoms with Gasteiger partial charge in [0, 0.05) is 0 Å².